The van der Waals surface area contributed by atoms with E-state index < -0.39 is 0 Å². The van der Waals surface area contributed by atoms with Crippen LogP contribution in [0.2, 0.25) is 0 Å². The summed E-state index contributed by atoms with van der Waals surface area (Å²) in [6.07, 6.45) is 6.51. The van der Waals surface area contributed by atoms with Gasteiger partial charge in [0.05, 0.1) is 0 Å². The van der Waals surface area contributed by atoms with Gasteiger partial charge in [0.25, 0.3) is 0 Å². The average molecular weight is 233 g/mol. The summed E-state index contributed by atoms with van der Waals surface area (Å²) in [5.41, 5.74) is 9.46. The summed E-state index contributed by atoms with van der Waals surface area (Å²) in [4.78, 5) is 0. The molecule has 18 heavy (non-hydrogen) atoms. The van der Waals surface area contributed by atoms with Crippen LogP contribution in [0.1, 0.15) is 27.8 Å². The van der Waals surface area contributed by atoms with E-state index in [1.54, 1.807) is 0 Å². The molecule has 89 valence electrons. The third-order valence-electron chi connectivity index (χ3n) is 3.81. The Labute approximate surface area is 109 Å². The van der Waals surface area contributed by atoms with E-state index in [0.29, 0.717) is 0 Å². The van der Waals surface area contributed by atoms with Crippen molar-refractivity contribution in [1.82, 2.24) is 0 Å². The van der Waals surface area contributed by atoms with E-state index in [-0.39, 0.29) is 0 Å². The van der Waals surface area contributed by atoms with Gasteiger partial charge in [-0.05, 0) is 59.7 Å². The summed E-state index contributed by atoms with van der Waals surface area (Å²) in [6.45, 7) is 6.56. The molecule has 1 aliphatic rings. The summed E-state index contributed by atoms with van der Waals surface area (Å²) in [6, 6.07) is 11.1. The Hall–Kier alpha value is -1.82. The van der Waals surface area contributed by atoms with Crippen LogP contribution in [-0.2, 0) is 0 Å². The van der Waals surface area contributed by atoms with Crippen molar-refractivity contribution < 1.29 is 0 Å². The maximum atomic E-state index is 2.31. The smallest absolute Gasteiger partial charge is 0.0131 e. The van der Waals surface area contributed by atoms with Crippen LogP contribution in [0.3, 0.4) is 0 Å². The fourth-order valence-corrected chi connectivity index (χ4v) is 2.65. The van der Waals surface area contributed by atoms with Crippen LogP contribution in [0.5, 0.6) is 0 Å². The van der Waals surface area contributed by atoms with Crippen LogP contribution in [-0.4, -0.2) is 0 Å². The molecule has 2 aromatic carbocycles. The van der Waals surface area contributed by atoms with Gasteiger partial charge < -0.3 is 0 Å². The van der Waals surface area contributed by atoms with Crippen molar-refractivity contribution in [3.8, 4) is 11.1 Å². The van der Waals surface area contributed by atoms with Crippen LogP contribution < -0.4 is 0 Å². The van der Waals surface area contributed by atoms with E-state index in [1.165, 1.54) is 38.9 Å². The summed E-state index contributed by atoms with van der Waals surface area (Å²) in [5, 5.41) is 0. The van der Waals surface area contributed by atoms with Gasteiger partial charge >= 0.3 is 0 Å². The van der Waals surface area contributed by atoms with Crippen molar-refractivity contribution in [2.24, 2.45) is 0 Å². The first-order valence-electron chi connectivity index (χ1n) is 6.39. The lowest BCUT2D eigenvalue weighted by Gasteiger charge is -2.13. The van der Waals surface area contributed by atoms with E-state index in [9.17, 15) is 0 Å². The topological polar surface area (TPSA) is 0 Å². The summed E-state index contributed by atoms with van der Waals surface area (Å²) < 4.78 is 0. The van der Waals surface area contributed by atoms with Crippen molar-refractivity contribution in [3.63, 3.8) is 0 Å². The number of allylic oxidation sites excluding steroid dienone is 1. The molecular weight excluding hydrogens is 216 g/mol. The lowest BCUT2D eigenvalue weighted by Crippen LogP contribution is -1.92. The van der Waals surface area contributed by atoms with Gasteiger partial charge in [0.1, 0.15) is 0 Å². The molecule has 0 nitrogen and oxygen atoms in total. The first-order valence-corrected chi connectivity index (χ1v) is 6.39. The molecule has 1 aliphatic carbocycles. The van der Waals surface area contributed by atoms with Crippen molar-refractivity contribution in [2.75, 3.05) is 0 Å². The second kappa shape index (κ2) is 4.13. The van der Waals surface area contributed by atoms with Gasteiger partial charge in [0, 0.05) is 6.42 Å². The van der Waals surface area contributed by atoms with Gasteiger partial charge in [-0.1, -0.05) is 42.5 Å². The van der Waals surface area contributed by atoms with E-state index >= 15 is 0 Å². The first kappa shape index (κ1) is 11.3. The number of benzene rings is 2. The highest BCUT2D eigenvalue weighted by atomic mass is 14.2. The predicted octanol–water partition coefficient (Wildman–Crippen LogP) is 4.86. The zero-order valence-corrected chi connectivity index (χ0v) is 11.1. The third-order valence-corrected chi connectivity index (χ3v) is 3.81. The Morgan fingerprint density at radius 3 is 2.39 bits per heavy atom. The Kier molecular flexibility index (Phi) is 2.59. The van der Waals surface area contributed by atoms with Crippen molar-refractivity contribution in [2.45, 2.75) is 20.8 Å². The molecule has 0 atom stereocenters. The molecule has 0 unspecified atom stereocenters. The number of fused-ring (bicyclic) bond motifs is 1. The predicted molar refractivity (Wildman–Crippen MR) is 78.5 cm³/mol. The maximum absolute atomic E-state index is 2.31. The molecular formula is C18H17. The van der Waals surface area contributed by atoms with Gasteiger partial charge in [-0.2, -0.15) is 0 Å². The minimum absolute atomic E-state index is 1.32. The van der Waals surface area contributed by atoms with Crippen LogP contribution in [0, 0.1) is 27.2 Å². The monoisotopic (exact) mass is 233 g/mol. The maximum Gasteiger partial charge on any atom is 0.0131 e. The average Bonchev–Trinajstić information content (AvgIpc) is 2.82. The first-order chi connectivity index (χ1) is 8.66. The standard InChI is InChI=1S/C18H17/c1-12-10-14(3)18(11-13(12)2)17-9-5-7-15-6-4-8-16(15)17/h4-11H,1-3H3. The molecule has 0 aromatic heterocycles. The molecule has 0 N–H and O–H groups in total. The van der Waals surface area contributed by atoms with Crippen molar-refractivity contribution in [3.05, 3.63) is 70.6 Å². The lowest BCUT2D eigenvalue weighted by molar-refractivity contribution is 1.30. The quantitative estimate of drug-likeness (QED) is 0.660. The number of hydrogen-bond acceptors (Lipinski definition) is 0. The normalized spacial score (nSPS) is 12.8. The van der Waals surface area contributed by atoms with Crippen LogP contribution in [0.4, 0.5) is 0 Å². The third kappa shape index (κ3) is 1.69. The summed E-state index contributed by atoms with van der Waals surface area (Å²) in [7, 11) is 0. The van der Waals surface area contributed by atoms with Crippen LogP contribution in [0.25, 0.3) is 17.2 Å². The molecule has 0 amide bonds. The molecule has 0 saturated carbocycles. The molecule has 0 heteroatoms. The SMILES string of the molecule is Cc1cc(C)c(-c2cccc3c2C=C[CH]3)cc1C. The molecule has 0 bridgehead atoms. The van der Waals surface area contributed by atoms with Crippen LogP contribution >= 0.6 is 0 Å². The van der Waals surface area contributed by atoms with E-state index in [4.69, 9.17) is 0 Å². The Bertz CT molecular complexity index is 645. The van der Waals surface area contributed by atoms with Gasteiger partial charge in [-0.15, -0.1) is 0 Å². The summed E-state index contributed by atoms with van der Waals surface area (Å²) in [5.74, 6) is 0. The Balaban J connectivity index is 2.25. The zero-order chi connectivity index (χ0) is 12.7. The molecule has 0 aliphatic heterocycles. The second-order valence-electron chi connectivity index (χ2n) is 5.09. The van der Waals surface area contributed by atoms with E-state index in [0.717, 1.165) is 0 Å². The number of hydrogen-bond donors (Lipinski definition) is 0. The highest BCUT2D eigenvalue weighted by molar-refractivity contribution is 5.83. The molecule has 0 saturated heterocycles. The molecule has 2 aromatic rings. The van der Waals surface area contributed by atoms with E-state index in [1.807, 2.05) is 0 Å². The summed E-state index contributed by atoms with van der Waals surface area (Å²) >= 11 is 0. The molecule has 0 spiro atoms. The van der Waals surface area contributed by atoms with E-state index in [2.05, 4.69) is 69.7 Å². The minimum atomic E-state index is 1.32. The van der Waals surface area contributed by atoms with Crippen molar-refractivity contribution >= 4 is 6.08 Å². The fourth-order valence-electron chi connectivity index (χ4n) is 2.65. The Morgan fingerprint density at radius 1 is 0.778 bits per heavy atom. The van der Waals surface area contributed by atoms with Gasteiger partial charge in [-0.3, -0.25) is 0 Å². The Morgan fingerprint density at radius 2 is 1.56 bits per heavy atom. The van der Waals surface area contributed by atoms with Gasteiger partial charge in [0.15, 0.2) is 0 Å². The minimum Gasteiger partial charge on any atom is -0.0754 e. The van der Waals surface area contributed by atoms with Gasteiger partial charge in [0.2, 0.25) is 0 Å². The lowest BCUT2D eigenvalue weighted by atomic mass is 9.91. The molecule has 3 rings (SSSR count). The molecule has 0 fully saturated rings. The number of rotatable bonds is 1. The molecule has 0 heterocycles. The van der Waals surface area contributed by atoms with Gasteiger partial charge in [-0.25, -0.2) is 0 Å². The fraction of sp³-hybridized carbons (Fsp3) is 0.167. The largest absolute Gasteiger partial charge is 0.0754 e. The van der Waals surface area contributed by atoms with Crippen molar-refractivity contribution in [1.29, 1.82) is 0 Å². The molecule has 1 radical (unpaired) electrons. The highest BCUT2D eigenvalue weighted by Gasteiger charge is 2.13. The highest BCUT2D eigenvalue weighted by Crippen LogP contribution is 2.34. The zero-order valence-electron chi connectivity index (χ0n) is 11.1. The second-order valence-corrected chi connectivity index (χ2v) is 5.09. The number of aryl methyl sites for hydroxylation is 3. The van der Waals surface area contributed by atoms with Crippen LogP contribution in [0.15, 0.2) is 36.4 Å².